The fourth-order valence-corrected chi connectivity index (χ4v) is 1.67. The predicted octanol–water partition coefficient (Wildman–Crippen LogP) is 2.75. The molecule has 0 aromatic carbocycles. The molecule has 100 valence electrons. The van der Waals surface area contributed by atoms with Crippen molar-refractivity contribution in [3.05, 3.63) is 23.4 Å². The molecule has 1 rings (SSSR count). The van der Waals surface area contributed by atoms with Crippen LogP contribution < -0.4 is 5.32 Å². The molecule has 0 bridgehead atoms. The van der Waals surface area contributed by atoms with Crippen molar-refractivity contribution in [2.75, 3.05) is 17.6 Å². The molecular formula is C10H11F3N2O2S. The molecule has 8 heteroatoms. The molecule has 0 unspecified atom stereocenters. The molecule has 2 N–H and O–H groups in total. The van der Waals surface area contributed by atoms with Crippen molar-refractivity contribution >= 4 is 23.5 Å². The Hall–Kier alpha value is -1.44. The highest BCUT2D eigenvalue weighted by molar-refractivity contribution is 8.00. The highest BCUT2D eigenvalue weighted by Gasteiger charge is 2.27. The maximum Gasteiger partial charge on any atom is 0.441 e. The zero-order valence-electron chi connectivity index (χ0n) is 9.41. The summed E-state index contributed by atoms with van der Waals surface area (Å²) in [7, 11) is 0. The van der Waals surface area contributed by atoms with Crippen molar-refractivity contribution in [3.8, 4) is 0 Å². The van der Waals surface area contributed by atoms with Gasteiger partial charge in [-0.05, 0) is 30.8 Å². The lowest BCUT2D eigenvalue weighted by Crippen LogP contribution is -2.11. The lowest BCUT2D eigenvalue weighted by atomic mass is 10.2. The molecule has 0 aliphatic rings. The molecule has 0 amide bonds. The summed E-state index contributed by atoms with van der Waals surface area (Å²) in [5.74, 6) is -0.857. The molecule has 0 radical (unpaired) electrons. The van der Waals surface area contributed by atoms with E-state index < -0.39 is 11.5 Å². The van der Waals surface area contributed by atoms with Crippen LogP contribution in [0, 0.1) is 6.92 Å². The van der Waals surface area contributed by atoms with Gasteiger partial charge in [-0.25, -0.2) is 9.78 Å². The normalized spacial score (nSPS) is 11.3. The van der Waals surface area contributed by atoms with Crippen LogP contribution in [0.15, 0.2) is 12.1 Å². The van der Waals surface area contributed by atoms with Crippen LogP contribution in [-0.2, 0) is 0 Å². The Morgan fingerprint density at radius 2 is 2.17 bits per heavy atom. The smallest absolute Gasteiger partial charge is 0.441 e. The van der Waals surface area contributed by atoms with Crippen LogP contribution in [-0.4, -0.2) is 33.9 Å². The van der Waals surface area contributed by atoms with Gasteiger partial charge in [-0.3, -0.25) is 0 Å². The Bertz CT molecular complexity index is 438. The average Bonchev–Trinajstić information content (AvgIpc) is 2.22. The van der Waals surface area contributed by atoms with Gasteiger partial charge in [-0.15, -0.1) is 0 Å². The number of alkyl halides is 3. The van der Waals surface area contributed by atoms with Gasteiger partial charge in [0.25, 0.3) is 0 Å². The van der Waals surface area contributed by atoms with E-state index in [-0.39, 0.29) is 29.6 Å². The predicted molar refractivity (Wildman–Crippen MR) is 62.9 cm³/mol. The molecule has 1 aromatic rings. The largest absolute Gasteiger partial charge is 0.478 e. The Balaban J connectivity index is 2.49. The number of aromatic carboxylic acids is 1. The lowest BCUT2D eigenvalue weighted by Gasteiger charge is -2.08. The topological polar surface area (TPSA) is 62.2 Å². The van der Waals surface area contributed by atoms with Crippen LogP contribution in [0.1, 0.15) is 16.1 Å². The third-order valence-electron chi connectivity index (χ3n) is 1.99. The molecule has 4 nitrogen and oxygen atoms in total. The summed E-state index contributed by atoms with van der Waals surface area (Å²) in [6.07, 6.45) is 0. The van der Waals surface area contributed by atoms with E-state index in [2.05, 4.69) is 10.3 Å². The summed E-state index contributed by atoms with van der Waals surface area (Å²) >= 11 is -0.119. The third-order valence-corrected chi connectivity index (χ3v) is 2.73. The SMILES string of the molecule is Cc1nc(NCCSC(F)(F)F)ccc1C(=O)O. The van der Waals surface area contributed by atoms with Crippen LogP contribution in [0.5, 0.6) is 0 Å². The number of pyridine rings is 1. The summed E-state index contributed by atoms with van der Waals surface area (Å²) < 4.78 is 35.5. The number of hydrogen-bond donors (Lipinski definition) is 2. The monoisotopic (exact) mass is 280 g/mol. The minimum atomic E-state index is -4.24. The quantitative estimate of drug-likeness (QED) is 0.812. The lowest BCUT2D eigenvalue weighted by molar-refractivity contribution is -0.0327. The van der Waals surface area contributed by atoms with E-state index in [1.807, 2.05) is 0 Å². The molecule has 0 fully saturated rings. The number of nitrogens with zero attached hydrogens (tertiary/aromatic N) is 1. The number of nitrogens with one attached hydrogen (secondary N) is 1. The highest BCUT2D eigenvalue weighted by Crippen LogP contribution is 2.29. The van der Waals surface area contributed by atoms with Crippen molar-refractivity contribution in [1.29, 1.82) is 0 Å². The standard InChI is InChI=1S/C10H11F3N2O2S/c1-6-7(9(16)17)2-3-8(15-6)14-4-5-18-10(11,12)13/h2-3H,4-5H2,1H3,(H,14,15)(H,16,17). The van der Waals surface area contributed by atoms with Gasteiger partial charge in [0.05, 0.1) is 11.3 Å². The van der Waals surface area contributed by atoms with Gasteiger partial charge in [0, 0.05) is 12.3 Å². The maximum atomic E-state index is 11.8. The fraction of sp³-hybridized carbons (Fsp3) is 0.400. The van der Waals surface area contributed by atoms with Crippen LogP contribution >= 0.6 is 11.8 Å². The Labute approximate surface area is 106 Å². The van der Waals surface area contributed by atoms with E-state index in [0.717, 1.165) is 0 Å². The van der Waals surface area contributed by atoms with E-state index in [9.17, 15) is 18.0 Å². The number of halogens is 3. The molecule has 0 saturated carbocycles. The van der Waals surface area contributed by atoms with Gasteiger partial charge in [0.15, 0.2) is 0 Å². The van der Waals surface area contributed by atoms with Gasteiger partial charge >= 0.3 is 11.5 Å². The van der Waals surface area contributed by atoms with E-state index in [1.54, 1.807) is 0 Å². The molecule has 0 saturated heterocycles. The molecule has 1 heterocycles. The van der Waals surface area contributed by atoms with Crippen LogP contribution in [0.2, 0.25) is 0 Å². The third kappa shape index (κ3) is 4.82. The van der Waals surface area contributed by atoms with Gasteiger partial charge in [0.2, 0.25) is 0 Å². The Morgan fingerprint density at radius 3 is 2.67 bits per heavy atom. The Kier molecular flexibility index (Phi) is 4.83. The number of carboxylic acid groups (broad SMARTS) is 1. The minimum Gasteiger partial charge on any atom is -0.478 e. The van der Waals surface area contributed by atoms with E-state index in [1.165, 1.54) is 19.1 Å². The summed E-state index contributed by atoms with van der Waals surface area (Å²) in [5.41, 5.74) is -3.85. The Morgan fingerprint density at radius 1 is 1.50 bits per heavy atom. The zero-order chi connectivity index (χ0) is 13.8. The van der Waals surface area contributed by atoms with Gasteiger partial charge in [-0.1, -0.05) is 0 Å². The molecule has 0 spiro atoms. The number of carboxylic acids is 1. The second-order valence-electron chi connectivity index (χ2n) is 3.36. The zero-order valence-corrected chi connectivity index (χ0v) is 10.2. The van der Waals surface area contributed by atoms with Crippen molar-refractivity contribution in [3.63, 3.8) is 0 Å². The van der Waals surface area contributed by atoms with Gasteiger partial charge in [0.1, 0.15) is 5.82 Å². The highest BCUT2D eigenvalue weighted by atomic mass is 32.2. The van der Waals surface area contributed by atoms with Gasteiger partial charge in [-0.2, -0.15) is 13.2 Å². The second-order valence-corrected chi connectivity index (χ2v) is 4.52. The number of thioether (sulfide) groups is 1. The molecule has 1 aromatic heterocycles. The van der Waals surface area contributed by atoms with E-state index in [0.29, 0.717) is 11.5 Å². The second kappa shape index (κ2) is 5.94. The first-order valence-electron chi connectivity index (χ1n) is 4.95. The molecule has 0 aliphatic carbocycles. The van der Waals surface area contributed by atoms with Crippen LogP contribution in [0.3, 0.4) is 0 Å². The summed E-state index contributed by atoms with van der Waals surface area (Å²) in [6.45, 7) is 1.63. The number of hydrogen-bond acceptors (Lipinski definition) is 4. The fourth-order valence-electron chi connectivity index (χ4n) is 1.23. The maximum absolute atomic E-state index is 11.8. The van der Waals surface area contributed by atoms with Gasteiger partial charge < -0.3 is 10.4 Å². The van der Waals surface area contributed by atoms with Crippen molar-refractivity contribution in [2.45, 2.75) is 12.4 Å². The summed E-state index contributed by atoms with van der Waals surface area (Å²) in [6, 6.07) is 2.79. The van der Waals surface area contributed by atoms with Crippen LogP contribution in [0.4, 0.5) is 19.0 Å². The summed E-state index contributed by atoms with van der Waals surface area (Å²) in [5, 5.41) is 11.5. The van der Waals surface area contributed by atoms with Crippen molar-refractivity contribution < 1.29 is 23.1 Å². The minimum absolute atomic E-state index is 0.0743. The first-order chi connectivity index (χ1) is 8.29. The molecular weight excluding hydrogens is 269 g/mol. The van der Waals surface area contributed by atoms with E-state index >= 15 is 0 Å². The average molecular weight is 280 g/mol. The van der Waals surface area contributed by atoms with Crippen molar-refractivity contribution in [1.82, 2.24) is 4.98 Å². The van der Waals surface area contributed by atoms with E-state index in [4.69, 9.17) is 5.11 Å². The number of carbonyl (C=O) groups is 1. The number of rotatable bonds is 5. The number of aryl methyl sites for hydroxylation is 1. The molecule has 0 aliphatic heterocycles. The van der Waals surface area contributed by atoms with Crippen LogP contribution in [0.25, 0.3) is 0 Å². The number of anilines is 1. The first-order valence-corrected chi connectivity index (χ1v) is 5.93. The molecule has 18 heavy (non-hydrogen) atoms. The summed E-state index contributed by atoms with van der Waals surface area (Å²) in [4.78, 5) is 14.7. The van der Waals surface area contributed by atoms with Crippen molar-refractivity contribution in [2.24, 2.45) is 0 Å². The first kappa shape index (κ1) is 14.6. The molecule has 0 atom stereocenters. The number of aromatic nitrogens is 1.